The summed E-state index contributed by atoms with van der Waals surface area (Å²) >= 11 is 0. The first-order valence-corrected chi connectivity index (χ1v) is 6.03. The Morgan fingerprint density at radius 1 is 1.39 bits per heavy atom. The third-order valence-corrected chi connectivity index (χ3v) is 2.91. The molecule has 0 aliphatic heterocycles. The Balaban J connectivity index is 2.96. The van der Waals surface area contributed by atoms with Crippen LogP contribution in [0.25, 0.3) is 0 Å². The fourth-order valence-corrected chi connectivity index (χ4v) is 1.79. The molecule has 0 aliphatic rings. The molecule has 0 heterocycles. The standard InChI is InChI=1S/C14H20O4/c1-9(2)10-4-6-13(18-3)11(8-10)12(15)5-7-14(16)17/h4,6,8-9,12,15H,5,7H2,1-3H3,(H,16,17). The van der Waals surface area contributed by atoms with Crippen LogP contribution in [-0.4, -0.2) is 23.3 Å². The van der Waals surface area contributed by atoms with Crippen LogP contribution in [0, 0.1) is 0 Å². The van der Waals surface area contributed by atoms with E-state index < -0.39 is 12.1 Å². The molecule has 4 heteroatoms. The molecule has 0 saturated heterocycles. The minimum atomic E-state index is -0.909. The van der Waals surface area contributed by atoms with Crippen molar-refractivity contribution in [1.29, 1.82) is 0 Å². The van der Waals surface area contributed by atoms with Crippen LogP contribution in [0.4, 0.5) is 0 Å². The highest BCUT2D eigenvalue weighted by Crippen LogP contribution is 2.31. The second-order valence-corrected chi connectivity index (χ2v) is 4.60. The molecule has 1 aromatic carbocycles. The number of hydrogen-bond donors (Lipinski definition) is 2. The van der Waals surface area contributed by atoms with Gasteiger partial charge in [-0.15, -0.1) is 0 Å². The van der Waals surface area contributed by atoms with Crippen molar-refractivity contribution in [2.45, 2.75) is 38.7 Å². The first-order valence-electron chi connectivity index (χ1n) is 6.03. The number of methoxy groups -OCH3 is 1. The Morgan fingerprint density at radius 3 is 2.56 bits per heavy atom. The number of aliphatic hydroxyl groups excluding tert-OH is 1. The maximum Gasteiger partial charge on any atom is 0.303 e. The molecule has 2 N–H and O–H groups in total. The number of rotatable bonds is 6. The van der Waals surface area contributed by atoms with Gasteiger partial charge in [-0.1, -0.05) is 19.9 Å². The molecule has 1 rings (SSSR count). The highest BCUT2D eigenvalue weighted by Gasteiger charge is 2.16. The van der Waals surface area contributed by atoms with Gasteiger partial charge in [-0.05, 0) is 30.0 Å². The van der Waals surface area contributed by atoms with Gasteiger partial charge in [-0.2, -0.15) is 0 Å². The molecular weight excluding hydrogens is 232 g/mol. The van der Waals surface area contributed by atoms with Gasteiger partial charge in [0.2, 0.25) is 0 Å². The van der Waals surface area contributed by atoms with E-state index in [9.17, 15) is 9.90 Å². The minimum Gasteiger partial charge on any atom is -0.496 e. The summed E-state index contributed by atoms with van der Waals surface area (Å²) in [6.45, 7) is 4.13. The average Bonchev–Trinajstić information content (AvgIpc) is 2.34. The molecule has 1 unspecified atom stereocenters. The molecule has 0 bridgehead atoms. The zero-order chi connectivity index (χ0) is 13.7. The second kappa shape index (κ2) is 6.40. The summed E-state index contributed by atoms with van der Waals surface area (Å²) in [5, 5.41) is 18.7. The van der Waals surface area contributed by atoms with E-state index in [0.29, 0.717) is 17.2 Å². The highest BCUT2D eigenvalue weighted by atomic mass is 16.5. The van der Waals surface area contributed by atoms with Gasteiger partial charge >= 0.3 is 5.97 Å². The van der Waals surface area contributed by atoms with Crippen molar-refractivity contribution in [2.75, 3.05) is 7.11 Å². The lowest BCUT2D eigenvalue weighted by molar-refractivity contribution is -0.137. The fourth-order valence-electron chi connectivity index (χ4n) is 1.79. The number of carboxylic acid groups (broad SMARTS) is 1. The van der Waals surface area contributed by atoms with Crippen molar-refractivity contribution in [3.8, 4) is 5.75 Å². The van der Waals surface area contributed by atoms with E-state index in [2.05, 4.69) is 13.8 Å². The van der Waals surface area contributed by atoms with Crippen molar-refractivity contribution < 1.29 is 19.7 Å². The van der Waals surface area contributed by atoms with Gasteiger partial charge in [0.05, 0.1) is 13.2 Å². The van der Waals surface area contributed by atoms with Crippen LogP contribution in [-0.2, 0) is 4.79 Å². The Bertz CT molecular complexity index is 412. The van der Waals surface area contributed by atoms with Crippen molar-refractivity contribution in [3.05, 3.63) is 29.3 Å². The van der Waals surface area contributed by atoms with Crippen molar-refractivity contribution in [1.82, 2.24) is 0 Å². The summed E-state index contributed by atoms with van der Waals surface area (Å²) in [6.07, 6.45) is -0.682. The molecule has 18 heavy (non-hydrogen) atoms. The van der Waals surface area contributed by atoms with Crippen LogP contribution in [0.5, 0.6) is 5.75 Å². The Hall–Kier alpha value is -1.55. The lowest BCUT2D eigenvalue weighted by Crippen LogP contribution is -2.05. The van der Waals surface area contributed by atoms with Crippen LogP contribution in [0.1, 0.15) is 49.8 Å². The van der Waals surface area contributed by atoms with E-state index in [1.54, 1.807) is 0 Å². The minimum absolute atomic E-state index is 0.0593. The smallest absolute Gasteiger partial charge is 0.303 e. The lowest BCUT2D eigenvalue weighted by atomic mass is 9.96. The quantitative estimate of drug-likeness (QED) is 0.817. The van der Waals surface area contributed by atoms with Gasteiger partial charge in [0.15, 0.2) is 0 Å². The largest absolute Gasteiger partial charge is 0.496 e. The van der Waals surface area contributed by atoms with E-state index in [4.69, 9.17) is 9.84 Å². The van der Waals surface area contributed by atoms with Crippen molar-refractivity contribution in [3.63, 3.8) is 0 Å². The molecule has 100 valence electrons. The second-order valence-electron chi connectivity index (χ2n) is 4.60. The topological polar surface area (TPSA) is 66.8 Å². The predicted molar refractivity (Wildman–Crippen MR) is 68.9 cm³/mol. The Labute approximate surface area is 107 Å². The number of aliphatic hydroxyl groups is 1. The van der Waals surface area contributed by atoms with Gasteiger partial charge in [0, 0.05) is 12.0 Å². The Morgan fingerprint density at radius 2 is 2.06 bits per heavy atom. The number of benzene rings is 1. The number of carboxylic acids is 1. The maximum absolute atomic E-state index is 10.5. The monoisotopic (exact) mass is 252 g/mol. The molecule has 0 saturated carbocycles. The van der Waals surface area contributed by atoms with E-state index >= 15 is 0 Å². The van der Waals surface area contributed by atoms with E-state index in [0.717, 1.165) is 5.56 Å². The first kappa shape index (κ1) is 14.5. The zero-order valence-electron chi connectivity index (χ0n) is 11.0. The average molecular weight is 252 g/mol. The maximum atomic E-state index is 10.5. The molecule has 0 amide bonds. The number of ether oxygens (including phenoxy) is 1. The molecule has 0 aliphatic carbocycles. The number of carbonyl (C=O) groups is 1. The van der Waals surface area contributed by atoms with Crippen LogP contribution in [0.3, 0.4) is 0 Å². The molecule has 4 nitrogen and oxygen atoms in total. The molecular formula is C14H20O4. The summed E-state index contributed by atoms with van der Waals surface area (Å²) in [6, 6.07) is 5.65. The highest BCUT2D eigenvalue weighted by molar-refractivity contribution is 5.66. The van der Waals surface area contributed by atoms with E-state index in [-0.39, 0.29) is 12.8 Å². The summed E-state index contributed by atoms with van der Waals surface area (Å²) in [5.74, 6) is 0.0339. The Kier molecular flexibility index (Phi) is 5.16. The normalized spacial score (nSPS) is 12.5. The molecule has 0 radical (unpaired) electrons. The van der Waals surface area contributed by atoms with Gasteiger partial charge in [0.25, 0.3) is 0 Å². The summed E-state index contributed by atoms with van der Waals surface area (Å²) < 4.78 is 5.20. The van der Waals surface area contributed by atoms with Gasteiger partial charge in [-0.3, -0.25) is 4.79 Å². The van der Waals surface area contributed by atoms with Crippen molar-refractivity contribution in [2.24, 2.45) is 0 Å². The van der Waals surface area contributed by atoms with Gasteiger partial charge in [0.1, 0.15) is 5.75 Å². The zero-order valence-corrected chi connectivity index (χ0v) is 11.0. The molecule has 1 aromatic rings. The fraction of sp³-hybridized carbons (Fsp3) is 0.500. The molecule has 1 atom stereocenters. The van der Waals surface area contributed by atoms with Gasteiger partial charge in [-0.25, -0.2) is 0 Å². The summed E-state index contributed by atoms with van der Waals surface area (Å²) in [5.41, 5.74) is 1.75. The number of aliphatic carboxylic acids is 1. The summed E-state index contributed by atoms with van der Waals surface area (Å²) in [4.78, 5) is 10.5. The molecule has 0 spiro atoms. The van der Waals surface area contributed by atoms with Crippen LogP contribution >= 0.6 is 0 Å². The van der Waals surface area contributed by atoms with Gasteiger partial charge < -0.3 is 14.9 Å². The molecule has 0 aromatic heterocycles. The van der Waals surface area contributed by atoms with Crippen LogP contribution in [0.2, 0.25) is 0 Å². The van der Waals surface area contributed by atoms with E-state index in [1.165, 1.54) is 7.11 Å². The predicted octanol–water partition coefficient (Wildman–Crippen LogP) is 2.72. The van der Waals surface area contributed by atoms with E-state index in [1.807, 2.05) is 18.2 Å². The van der Waals surface area contributed by atoms with Crippen molar-refractivity contribution >= 4 is 5.97 Å². The number of hydrogen-bond acceptors (Lipinski definition) is 3. The third kappa shape index (κ3) is 3.74. The SMILES string of the molecule is COc1ccc(C(C)C)cc1C(O)CCC(=O)O. The third-order valence-electron chi connectivity index (χ3n) is 2.91. The molecule has 0 fully saturated rings. The first-order chi connectivity index (χ1) is 8.45. The lowest BCUT2D eigenvalue weighted by Gasteiger charge is -2.16. The van der Waals surface area contributed by atoms with Crippen LogP contribution in [0.15, 0.2) is 18.2 Å². The summed E-state index contributed by atoms with van der Waals surface area (Å²) in [7, 11) is 1.54. The van der Waals surface area contributed by atoms with Crippen LogP contribution < -0.4 is 4.74 Å².